The van der Waals surface area contributed by atoms with Gasteiger partial charge in [-0.2, -0.15) is 4.31 Å². The third-order valence-corrected chi connectivity index (χ3v) is 5.25. The molecule has 2 aromatic rings. The number of carbonyl (C=O) groups is 1. The number of benzene rings is 1. The summed E-state index contributed by atoms with van der Waals surface area (Å²) >= 11 is 0. The van der Waals surface area contributed by atoms with Crippen LogP contribution in [0.1, 0.15) is 32.7 Å². The smallest absolute Gasteiger partial charge is 0.339 e. The number of thiol groups is 1. The molecule has 0 fully saturated rings. The number of ether oxygens (including phenoxy) is 1. The quantitative estimate of drug-likeness (QED) is 0.497. The molecule has 2 heterocycles. The average Bonchev–Trinajstić information content (AvgIpc) is 3.14. The van der Waals surface area contributed by atoms with Gasteiger partial charge < -0.3 is 10.1 Å². The number of hydrogen-bond acceptors (Lipinski definition) is 6. The molecule has 1 aliphatic rings. The molecule has 28 heavy (non-hydrogen) atoms. The van der Waals surface area contributed by atoms with Gasteiger partial charge in [-0.15, -0.1) is 24.8 Å². The third kappa shape index (κ3) is 5.89. The van der Waals surface area contributed by atoms with Crippen molar-refractivity contribution < 1.29 is 17.9 Å². The third-order valence-electron chi connectivity index (χ3n) is 4.45. The number of halogens is 2. The number of fused-ring (bicyclic) bond motifs is 1. The van der Waals surface area contributed by atoms with Gasteiger partial charge in [0.2, 0.25) is 10.9 Å². The van der Waals surface area contributed by atoms with Crippen LogP contribution in [0.4, 0.5) is 0 Å². The van der Waals surface area contributed by atoms with Crippen LogP contribution in [0.25, 0.3) is 0 Å². The summed E-state index contributed by atoms with van der Waals surface area (Å²) in [5, 5.41) is 3.32. The first-order valence-electron chi connectivity index (χ1n) is 8.31. The Bertz CT molecular complexity index is 868. The van der Waals surface area contributed by atoms with Gasteiger partial charge in [-0.1, -0.05) is 18.2 Å². The van der Waals surface area contributed by atoms with E-state index in [2.05, 4.69) is 21.1 Å². The Balaban J connectivity index is 0.00000196. The van der Waals surface area contributed by atoms with Crippen molar-refractivity contribution in [1.29, 1.82) is 0 Å². The molecule has 1 aliphatic heterocycles. The highest BCUT2D eigenvalue weighted by molar-refractivity contribution is 7.69. The second-order valence-electron chi connectivity index (χ2n) is 6.06. The minimum Gasteiger partial charge on any atom is -0.465 e. The van der Waals surface area contributed by atoms with E-state index in [0.717, 1.165) is 13.1 Å². The molecule has 154 valence electrons. The van der Waals surface area contributed by atoms with Gasteiger partial charge in [0.1, 0.15) is 0 Å². The molecule has 0 aliphatic carbocycles. The van der Waals surface area contributed by atoms with Crippen LogP contribution in [0, 0.1) is 0 Å². The van der Waals surface area contributed by atoms with Crippen molar-refractivity contribution in [3.63, 3.8) is 0 Å². The molecule has 0 spiro atoms. The molecule has 7 nitrogen and oxygen atoms in total. The van der Waals surface area contributed by atoms with Crippen LogP contribution in [-0.4, -0.2) is 37.3 Å². The molecule has 0 unspecified atom stereocenters. The number of carbonyl (C=O) groups excluding carboxylic acids is 1. The van der Waals surface area contributed by atoms with Crippen LogP contribution in [0.2, 0.25) is 0 Å². The highest BCUT2D eigenvalue weighted by Gasteiger charge is 2.16. The normalized spacial score (nSPS) is 12.2. The topological polar surface area (TPSA) is 88.6 Å². The Morgan fingerprint density at radius 1 is 1.21 bits per heavy atom. The lowest BCUT2D eigenvalue weighted by Gasteiger charge is -2.16. The molecule has 1 aromatic heterocycles. The van der Waals surface area contributed by atoms with E-state index in [9.17, 15) is 13.2 Å². The molecular weight excluding hydrogens is 425 g/mol. The van der Waals surface area contributed by atoms with Gasteiger partial charge in [0, 0.05) is 25.8 Å². The predicted octanol–water partition coefficient (Wildman–Crippen LogP) is 1.89. The maximum absolute atomic E-state index is 11.6. The van der Waals surface area contributed by atoms with Crippen LogP contribution in [0.3, 0.4) is 0 Å². The first kappa shape index (κ1) is 24.3. The fourth-order valence-corrected chi connectivity index (χ4v) is 3.57. The van der Waals surface area contributed by atoms with Crippen molar-refractivity contribution in [2.75, 3.05) is 13.7 Å². The van der Waals surface area contributed by atoms with Crippen molar-refractivity contribution in [3.05, 3.63) is 64.5 Å². The molecule has 0 saturated heterocycles. The van der Waals surface area contributed by atoms with E-state index in [1.807, 2.05) is 12.1 Å². The first-order chi connectivity index (χ1) is 12.6. The number of rotatable bonds is 7. The van der Waals surface area contributed by atoms with Crippen molar-refractivity contribution >= 4 is 41.7 Å². The van der Waals surface area contributed by atoms with E-state index < -0.39 is 16.9 Å². The molecule has 1 N–H and O–H groups in total. The number of hydrogen-bond donors (Lipinski definition) is 2. The minimum absolute atomic E-state index is 0. The molecule has 0 amide bonds. The Labute approximate surface area is 178 Å². The number of pyridine rings is 1. The fourth-order valence-electron chi connectivity index (χ4n) is 3.05. The maximum Gasteiger partial charge on any atom is 0.339 e. The zero-order valence-corrected chi connectivity index (χ0v) is 17.8. The van der Waals surface area contributed by atoms with Gasteiger partial charge in [-0.3, -0.25) is 4.98 Å². The summed E-state index contributed by atoms with van der Waals surface area (Å²) in [6.45, 7) is 2.24. The lowest BCUT2D eigenvalue weighted by atomic mass is 10.0. The van der Waals surface area contributed by atoms with Gasteiger partial charge in [-0.05, 0) is 35.2 Å². The van der Waals surface area contributed by atoms with E-state index in [4.69, 9.17) is 0 Å². The fraction of sp³-hybridized carbons (Fsp3) is 0.333. The van der Waals surface area contributed by atoms with E-state index in [1.54, 1.807) is 12.1 Å². The minimum atomic E-state index is -2.73. The van der Waals surface area contributed by atoms with E-state index >= 15 is 0 Å². The second kappa shape index (κ2) is 11.3. The summed E-state index contributed by atoms with van der Waals surface area (Å²) in [6.07, 6.45) is 2.04. The average molecular weight is 448 g/mol. The van der Waals surface area contributed by atoms with Crippen molar-refractivity contribution in [2.24, 2.45) is 0 Å². The summed E-state index contributed by atoms with van der Waals surface area (Å²) in [5.41, 5.74) is 4.64. The summed E-state index contributed by atoms with van der Waals surface area (Å²) < 4.78 is 29.3. The number of nitrogens with one attached hydrogen (secondary N) is 1. The molecule has 3 rings (SSSR count). The standard InChI is InChI=1S/C18H21N3O4S.2ClH/c1-25-18(22)15-5-6-16(20-10-15)12-21(26(23)24)8-7-13-3-2-4-14-9-19-11-17(13)14;;/h2-6,10,19,26H,7-9,11-12H2,1H3;2*1H. The monoisotopic (exact) mass is 447 g/mol. The maximum atomic E-state index is 11.6. The molecule has 0 radical (unpaired) electrons. The number of aromatic nitrogens is 1. The van der Waals surface area contributed by atoms with Crippen molar-refractivity contribution in [3.8, 4) is 0 Å². The van der Waals surface area contributed by atoms with Crippen LogP contribution >= 0.6 is 24.8 Å². The van der Waals surface area contributed by atoms with Gasteiger partial charge in [0.25, 0.3) is 0 Å². The van der Waals surface area contributed by atoms with Gasteiger partial charge in [0.05, 0.1) is 24.9 Å². The van der Waals surface area contributed by atoms with Crippen molar-refractivity contribution in [1.82, 2.24) is 14.6 Å². The summed E-state index contributed by atoms with van der Waals surface area (Å²) in [6, 6.07) is 9.38. The Morgan fingerprint density at radius 2 is 2.00 bits per heavy atom. The van der Waals surface area contributed by atoms with Crippen LogP contribution in [0.5, 0.6) is 0 Å². The number of methoxy groups -OCH3 is 1. The molecular formula is C18H23Cl2N3O4S. The van der Waals surface area contributed by atoms with E-state index in [-0.39, 0.29) is 31.4 Å². The van der Waals surface area contributed by atoms with Crippen LogP contribution < -0.4 is 5.32 Å². The number of esters is 1. The molecule has 1 aromatic carbocycles. The zero-order chi connectivity index (χ0) is 18.5. The van der Waals surface area contributed by atoms with E-state index in [0.29, 0.717) is 24.2 Å². The zero-order valence-electron chi connectivity index (χ0n) is 15.3. The molecule has 0 bridgehead atoms. The lowest BCUT2D eigenvalue weighted by Crippen LogP contribution is -2.25. The highest BCUT2D eigenvalue weighted by atomic mass is 35.5. The molecule has 0 atom stereocenters. The summed E-state index contributed by atoms with van der Waals surface area (Å²) in [7, 11) is -1.43. The Hall–Kier alpha value is -1.71. The Kier molecular flexibility index (Phi) is 9.84. The summed E-state index contributed by atoms with van der Waals surface area (Å²) in [4.78, 5) is 15.6. The van der Waals surface area contributed by atoms with Crippen LogP contribution in [0.15, 0.2) is 36.5 Å². The first-order valence-corrected chi connectivity index (χ1v) is 9.44. The van der Waals surface area contributed by atoms with Gasteiger partial charge >= 0.3 is 5.97 Å². The van der Waals surface area contributed by atoms with E-state index in [1.165, 1.54) is 34.3 Å². The SMILES string of the molecule is COC(=O)c1ccc(CN(CCc2cccc3c2CNC3)[SH](=O)=O)nc1.Cl.Cl. The predicted molar refractivity (Wildman–Crippen MR) is 111 cm³/mol. The Morgan fingerprint density at radius 3 is 2.64 bits per heavy atom. The van der Waals surface area contributed by atoms with Gasteiger partial charge in [0.15, 0.2) is 0 Å². The highest BCUT2D eigenvalue weighted by Crippen LogP contribution is 2.20. The van der Waals surface area contributed by atoms with Gasteiger partial charge in [-0.25, -0.2) is 13.2 Å². The van der Waals surface area contributed by atoms with Crippen LogP contribution in [-0.2, 0) is 41.7 Å². The molecule has 10 heteroatoms. The second-order valence-corrected chi connectivity index (χ2v) is 7.11. The lowest BCUT2D eigenvalue weighted by molar-refractivity contribution is 0.0600. The number of nitrogens with zero attached hydrogens (tertiary/aromatic N) is 2. The largest absolute Gasteiger partial charge is 0.465 e. The molecule has 0 saturated carbocycles. The summed E-state index contributed by atoms with van der Waals surface area (Å²) in [5.74, 6) is -0.470. The van der Waals surface area contributed by atoms with Crippen molar-refractivity contribution in [2.45, 2.75) is 26.1 Å².